The summed E-state index contributed by atoms with van der Waals surface area (Å²) in [6.07, 6.45) is 5.08. The van der Waals surface area contributed by atoms with Crippen molar-refractivity contribution < 1.29 is 14.2 Å². The second kappa shape index (κ2) is 13.5. The number of aromatic nitrogens is 2. The highest BCUT2D eigenvalue weighted by atomic mass is 35.5. The highest BCUT2D eigenvalue weighted by molar-refractivity contribution is 6.36. The molecule has 1 aromatic heterocycles. The molecule has 3 heterocycles. The molecule has 3 unspecified atom stereocenters. The number of nitrogens with zero attached hydrogens (tertiary/aromatic N) is 7. The van der Waals surface area contributed by atoms with Gasteiger partial charge in [0, 0.05) is 60.8 Å². The molecule has 6 rings (SSSR count). The smallest absolute Gasteiger partial charge is 0.318 e. The number of piperazine rings is 1. The van der Waals surface area contributed by atoms with Crippen LogP contribution in [0.25, 0.3) is 10.8 Å². The van der Waals surface area contributed by atoms with Crippen LogP contribution in [0.2, 0.25) is 5.02 Å². The van der Waals surface area contributed by atoms with E-state index in [4.69, 9.17) is 26.3 Å². The summed E-state index contributed by atoms with van der Waals surface area (Å²) in [5.41, 5.74) is 2.79. The molecule has 0 amide bonds. The van der Waals surface area contributed by atoms with Crippen LogP contribution in [0.4, 0.5) is 15.9 Å². The van der Waals surface area contributed by atoms with Crippen LogP contribution in [-0.2, 0) is 13.0 Å². The van der Waals surface area contributed by atoms with Gasteiger partial charge in [-0.2, -0.15) is 15.2 Å². The van der Waals surface area contributed by atoms with Gasteiger partial charge in [-0.15, -0.1) is 0 Å². The maximum absolute atomic E-state index is 14.6. The van der Waals surface area contributed by atoms with E-state index in [9.17, 15) is 14.8 Å². The molecular weight excluding hydrogens is 593 g/mol. The lowest BCUT2D eigenvalue weighted by Gasteiger charge is -2.43. The summed E-state index contributed by atoms with van der Waals surface area (Å²) in [7, 11) is 4.24. The van der Waals surface area contributed by atoms with Gasteiger partial charge in [-0.25, -0.2) is 4.39 Å². The SMILES string of the molecule is C=CC(O)N1CCN(c2nc(OCC3CCC[C@@H]3N(C)C)nc3c2CCN(c2cccc4ccc(F)c(Cl)c24)C3)CC1CC#N. The first-order valence-corrected chi connectivity index (χ1v) is 16.2. The minimum absolute atomic E-state index is 0.122. The third kappa shape index (κ3) is 6.32. The number of ether oxygens (including phenoxy) is 1. The molecule has 4 atom stereocenters. The highest BCUT2D eigenvalue weighted by Crippen LogP contribution is 2.38. The van der Waals surface area contributed by atoms with Gasteiger partial charge in [-0.05, 0) is 57.0 Å². The molecule has 238 valence electrons. The summed E-state index contributed by atoms with van der Waals surface area (Å²) in [4.78, 5) is 18.6. The number of fused-ring (bicyclic) bond motifs is 2. The number of anilines is 2. The van der Waals surface area contributed by atoms with Crippen molar-refractivity contribution in [3.8, 4) is 12.1 Å². The maximum Gasteiger partial charge on any atom is 0.318 e. The number of hydrogen-bond acceptors (Lipinski definition) is 9. The number of benzene rings is 2. The van der Waals surface area contributed by atoms with Crippen LogP contribution in [-0.4, -0.2) is 90.1 Å². The summed E-state index contributed by atoms with van der Waals surface area (Å²) in [5, 5.41) is 21.8. The fourth-order valence-corrected chi connectivity index (χ4v) is 7.65. The van der Waals surface area contributed by atoms with Crippen LogP contribution >= 0.6 is 11.6 Å². The van der Waals surface area contributed by atoms with Crippen LogP contribution < -0.4 is 14.5 Å². The zero-order chi connectivity index (χ0) is 31.7. The molecule has 2 aromatic carbocycles. The Balaban J connectivity index is 1.34. The van der Waals surface area contributed by atoms with Gasteiger partial charge in [-0.3, -0.25) is 4.90 Å². The van der Waals surface area contributed by atoms with E-state index in [0.29, 0.717) is 69.1 Å². The Morgan fingerprint density at radius 1 is 1.20 bits per heavy atom. The van der Waals surface area contributed by atoms with Crippen molar-refractivity contribution in [3.05, 3.63) is 65.1 Å². The van der Waals surface area contributed by atoms with Gasteiger partial charge in [0.15, 0.2) is 0 Å². The zero-order valence-corrected chi connectivity index (χ0v) is 26.8. The third-order valence-electron chi connectivity index (χ3n) is 9.69. The molecule has 45 heavy (non-hydrogen) atoms. The van der Waals surface area contributed by atoms with Crippen LogP contribution in [0, 0.1) is 23.1 Å². The number of aliphatic hydroxyl groups excluding tert-OH is 1. The second-order valence-electron chi connectivity index (χ2n) is 12.5. The van der Waals surface area contributed by atoms with Crippen LogP contribution in [0.3, 0.4) is 0 Å². The fraction of sp³-hybridized carbons (Fsp3) is 0.500. The molecule has 0 bridgehead atoms. The molecule has 1 saturated heterocycles. The van der Waals surface area contributed by atoms with Crippen molar-refractivity contribution in [2.45, 2.75) is 57.0 Å². The molecule has 9 nitrogen and oxygen atoms in total. The largest absolute Gasteiger partial charge is 0.463 e. The summed E-state index contributed by atoms with van der Waals surface area (Å²) in [6, 6.07) is 12.0. The lowest BCUT2D eigenvalue weighted by Crippen LogP contribution is -2.56. The standard InChI is InChI=1S/C34H41ClFN7O2/c1-4-30(44)43-18-17-42(19-24(43)13-15-37)33-25-14-16-41(29-10-5-7-22-11-12-26(36)32(35)31(22)29)20-27(25)38-34(39-33)45-21-23-8-6-9-28(23)40(2)3/h4-5,7,10-12,23-24,28,30,44H,1,6,8-9,13-14,16-21H2,2-3H3/t23?,24?,28-,30?/m0/s1. The average Bonchev–Trinajstić information content (AvgIpc) is 3.53. The van der Waals surface area contributed by atoms with Crippen molar-refractivity contribution in [2.75, 3.05) is 56.7 Å². The van der Waals surface area contributed by atoms with Crippen molar-refractivity contribution in [3.63, 3.8) is 0 Å². The van der Waals surface area contributed by atoms with Crippen LogP contribution in [0.1, 0.15) is 36.9 Å². The lowest BCUT2D eigenvalue weighted by atomic mass is 10.0. The predicted octanol–water partition coefficient (Wildman–Crippen LogP) is 5.00. The first-order chi connectivity index (χ1) is 21.8. The van der Waals surface area contributed by atoms with E-state index in [1.165, 1.54) is 18.6 Å². The fourth-order valence-electron chi connectivity index (χ4n) is 7.38. The van der Waals surface area contributed by atoms with E-state index in [-0.39, 0.29) is 17.5 Å². The zero-order valence-electron chi connectivity index (χ0n) is 26.0. The first-order valence-electron chi connectivity index (χ1n) is 15.8. The number of halogens is 2. The molecule has 2 aliphatic heterocycles. The van der Waals surface area contributed by atoms with E-state index < -0.39 is 12.0 Å². The Labute approximate surface area is 269 Å². The van der Waals surface area contributed by atoms with Gasteiger partial charge in [0.1, 0.15) is 17.9 Å². The Kier molecular flexibility index (Phi) is 9.43. The van der Waals surface area contributed by atoms with E-state index in [1.807, 2.05) is 23.1 Å². The lowest BCUT2D eigenvalue weighted by molar-refractivity contribution is 0.00430. The second-order valence-corrected chi connectivity index (χ2v) is 12.9. The van der Waals surface area contributed by atoms with Gasteiger partial charge >= 0.3 is 6.01 Å². The molecule has 1 saturated carbocycles. The van der Waals surface area contributed by atoms with Gasteiger partial charge in [0.25, 0.3) is 0 Å². The topological polar surface area (TPSA) is 92.0 Å². The normalized spacial score (nSPS) is 22.8. The molecular formula is C34H41ClFN7O2. The number of nitriles is 1. The Bertz CT molecular complexity index is 1600. The maximum atomic E-state index is 14.6. The van der Waals surface area contributed by atoms with E-state index in [2.05, 4.69) is 41.4 Å². The predicted molar refractivity (Wildman–Crippen MR) is 175 cm³/mol. The molecule has 1 N–H and O–H groups in total. The third-order valence-corrected chi connectivity index (χ3v) is 10.1. The summed E-state index contributed by atoms with van der Waals surface area (Å²) < 4.78 is 21.0. The van der Waals surface area contributed by atoms with Gasteiger partial charge in [0.2, 0.25) is 0 Å². The quantitative estimate of drug-likeness (QED) is 0.327. The summed E-state index contributed by atoms with van der Waals surface area (Å²) in [5.74, 6) is 0.782. The Hall–Kier alpha value is -3.49. The van der Waals surface area contributed by atoms with E-state index >= 15 is 0 Å². The van der Waals surface area contributed by atoms with Crippen molar-refractivity contribution in [1.29, 1.82) is 5.26 Å². The molecule has 0 radical (unpaired) electrons. The monoisotopic (exact) mass is 633 g/mol. The van der Waals surface area contributed by atoms with Gasteiger partial charge in [-0.1, -0.05) is 42.8 Å². The number of hydrogen-bond donors (Lipinski definition) is 1. The molecule has 11 heteroatoms. The molecule has 3 aliphatic rings. The molecule has 2 fully saturated rings. The van der Waals surface area contributed by atoms with Gasteiger partial charge in [0.05, 0.1) is 36.4 Å². The number of aliphatic hydroxyl groups is 1. The first kappa shape index (κ1) is 31.5. The molecule has 1 aliphatic carbocycles. The summed E-state index contributed by atoms with van der Waals surface area (Å²) >= 11 is 6.52. The van der Waals surface area contributed by atoms with E-state index in [0.717, 1.165) is 41.0 Å². The van der Waals surface area contributed by atoms with Crippen molar-refractivity contribution in [1.82, 2.24) is 19.8 Å². The van der Waals surface area contributed by atoms with Crippen molar-refractivity contribution in [2.24, 2.45) is 5.92 Å². The minimum atomic E-state index is -0.814. The molecule has 3 aromatic rings. The van der Waals surface area contributed by atoms with Crippen LogP contribution in [0.5, 0.6) is 6.01 Å². The van der Waals surface area contributed by atoms with Gasteiger partial charge < -0.3 is 24.5 Å². The number of rotatable bonds is 9. The highest BCUT2D eigenvalue weighted by Gasteiger charge is 2.35. The Morgan fingerprint density at radius 2 is 2.04 bits per heavy atom. The molecule has 0 spiro atoms. The average molecular weight is 634 g/mol. The Morgan fingerprint density at radius 3 is 2.82 bits per heavy atom. The summed E-state index contributed by atoms with van der Waals surface area (Å²) in [6.45, 7) is 7.19. The van der Waals surface area contributed by atoms with Crippen molar-refractivity contribution >= 4 is 33.9 Å². The van der Waals surface area contributed by atoms with Crippen LogP contribution in [0.15, 0.2) is 43.0 Å². The van der Waals surface area contributed by atoms with E-state index in [1.54, 1.807) is 6.07 Å². The minimum Gasteiger partial charge on any atom is -0.463 e.